The maximum Gasteiger partial charge on any atom is 0.336 e. The Morgan fingerprint density at radius 2 is 1.88 bits per heavy atom. The third kappa shape index (κ3) is 3.71. The first-order chi connectivity index (χ1) is 8.04. The van der Waals surface area contributed by atoms with Crippen molar-refractivity contribution in [1.82, 2.24) is 5.06 Å². The lowest BCUT2D eigenvalue weighted by Gasteiger charge is -2.12. The van der Waals surface area contributed by atoms with Crippen LogP contribution in [0.3, 0.4) is 0 Å². The summed E-state index contributed by atoms with van der Waals surface area (Å²) in [5.41, 5.74) is 0. The predicted molar refractivity (Wildman–Crippen MR) is 53.0 cm³/mol. The van der Waals surface area contributed by atoms with Gasteiger partial charge in [-0.15, -0.1) is 5.06 Å². The molecular weight excluding hydrogens is 230 g/mol. The number of hydroxylamine groups is 2. The van der Waals surface area contributed by atoms with Crippen LogP contribution in [0, 0.1) is 0 Å². The van der Waals surface area contributed by atoms with E-state index in [4.69, 9.17) is 0 Å². The second kappa shape index (κ2) is 5.78. The first-order valence-corrected chi connectivity index (χ1v) is 4.90. The molecule has 1 aliphatic rings. The number of amides is 2. The van der Waals surface area contributed by atoms with E-state index >= 15 is 0 Å². The Labute approximate surface area is 96.9 Å². The van der Waals surface area contributed by atoms with Gasteiger partial charge in [-0.05, 0) is 0 Å². The molecule has 0 atom stereocenters. The van der Waals surface area contributed by atoms with Crippen LogP contribution in [-0.4, -0.2) is 35.4 Å². The van der Waals surface area contributed by atoms with Crippen molar-refractivity contribution < 1.29 is 28.8 Å². The summed E-state index contributed by atoms with van der Waals surface area (Å²) in [5.74, 6) is -2.57. The number of hydrogen-bond acceptors (Lipinski definition) is 6. The largest absolute Gasteiger partial charge is 0.462 e. The van der Waals surface area contributed by atoms with Gasteiger partial charge in [0, 0.05) is 18.9 Å². The molecular formula is C10H11NO6. The zero-order chi connectivity index (χ0) is 12.8. The zero-order valence-electron chi connectivity index (χ0n) is 9.01. The molecule has 7 nitrogen and oxygen atoms in total. The minimum atomic E-state index is -0.814. The highest BCUT2D eigenvalue weighted by Crippen LogP contribution is 2.12. The summed E-state index contributed by atoms with van der Waals surface area (Å²) < 4.78 is 4.53. The number of carbonyl (C=O) groups excluding carboxylic acids is 4. The molecule has 0 radical (unpaired) electrons. The minimum absolute atomic E-state index is 0.0392. The van der Waals surface area contributed by atoms with Gasteiger partial charge in [-0.2, -0.15) is 0 Å². The molecule has 1 fully saturated rings. The molecule has 0 N–H and O–H groups in total. The van der Waals surface area contributed by atoms with Gasteiger partial charge < -0.3 is 9.57 Å². The molecule has 0 aromatic heterocycles. The molecule has 0 aromatic rings. The van der Waals surface area contributed by atoms with Crippen LogP contribution in [0.15, 0.2) is 12.7 Å². The van der Waals surface area contributed by atoms with Gasteiger partial charge in [-0.25, -0.2) is 9.59 Å². The van der Waals surface area contributed by atoms with Gasteiger partial charge in [-0.3, -0.25) is 9.59 Å². The highest BCUT2D eigenvalue weighted by Gasteiger charge is 2.32. The molecule has 2 amide bonds. The van der Waals surface area contributed by atoms with E-state index < -0.39 is 23.8 Å². The highest BCUT2D eigenvalue weighted by atomic mass is 16.7. The average Bonchev–Trinajstić information content (AvgIpc) is 2.60. The molecule has 0 spiro atoms. The summed E-state index contributed by atoms with van der Waals surface area (Å²) in [6, 6.07) is 0. The minimum Gasteiger partial charge on any atom is -0.462 e. The molecule has 0 saturated carbocycles. The van der Waals surface area contributed by atoms with Crippen LogP contribution in [0.5, 0.6) is 0 Å². The van der Waals surface area contributed by atoms with Gasteiger partial charge >= 0.3 is 11.9 Å². The molecule has 7 heteroatoms. The van der Waals surface area contributed by atoms with Crippen LogP contribution in [0.2, 0.25) is 0 Å². The fourth-order valence-corrected chi connectivity index (χ4v) is 1.10. The Bertz CT molecular complexity index is 359. The van der Waals surface area contributed by atoms with Gasteiger partial charge in [0.05, 0.1) is 6.42 Å². The lowest BCUT2D eigenvalue weighted by molar-refractivity contribution is -0.198. The smallest absolute Gasteiger partial charge is 0.336 e. The van der Waals surface area contributed by atoms with Gasteiger partial charge in [0.25, 0.3) is 11.8 Å². The van der Waals surface area contributed by atoms with E-state index in [1.165, 1.54) is 0 Å². The first-order valence-electron chi connectivity index (χ1n) is 4.90. The number of carbonyl (C=O) groups is 4. The number of esters is 1. The molecule has 92 valence electrons. The monoisotopic (exact) mass is 241 g/mol. The molecule has 1 aliphatic heterocycles. The summed E-state index contributed by atoms with van der Waals surface area (Å²) in [7, 11) is 0. The summed E-state index contributed by atoms with van der Waals surface area (Å²) >= 11 is 0. The average molecular weight is 241 g/mol. The quantitative estimate of drug-likeness (QED) is 0.373. The van der Waals surface area contributed by atoms with Crippen molar-refractivity contribution in [2.75, 3.05) is 6.61 Å². The third-order valence-electron chi connectivity index (χ3n) is 1.92. The second-order valence-electron chi connectivity index (χ2n) is 3.17. The summed E-state index contributed by atoms with van der Waals surface area (Å²) in [4.78, 5) is 48.5. The Morgan fingerprint density at radius 3 is 2.41 bits per heavy atom. The van der Waals surface area contributed by atoms with Gasteiger partial charge in [0.1, 0.15) is 6.61 Å². The van der Waals surface area contributed by atoms with E-state index in [1.807, 2.05) is 0 Å². The molecule has 1 saturated heterocycles. The van der Waals surface area contributed by atoms with Crippen molar-refractivity contribution in [3.05, 3.63) is 12.7 Å². The van der Waals surface area contributed by atoms with Crippen molar-refractivity contribution >= 4 is 23.8 Å². The molecule has 17 heavy (non-hydrogen) atoms. The lowest BCUT2D eigenvalue weighted by atomic mass is 10.4. The Kier molecular flexibility index (Phi) is 4.38. The van der Waals surface area contributed by atoms with Crippen LogP contribution in [0.25, 0.3) is 0 Å². The highest BCUT2D eigenvalue weighted by molar-refractivity contribution is 6.01. The van der Waals surface area contributed by atoms with Gasteiger partial charge in [0.2, 0.25) is 0 Å². The van der Waals surface area contributed by atoms with Crippen molar-refractivity contribution in [3.63, 3.8) is 0 Å². The molecule has 0 aromatic carbocycles. The van der Waals surface area contributed by atoms with Crippen molar-refractivity contribution in [2.45, 2.75) is 19.3 Å². The first kappa shape index (κ1) is 12.9. The second-order valence-corrected chi connectivity index (χ2v) is 3.17. The molecule has 0 unspecified atom stereocenters. The fourth-order valence-electron chi connectivity index (χ4n) is 1.10. The van der Waals surface area contributed by atoms with E-state index in [0.29, 0.717) is 5.06 Å². The molecule has 0 bridgehead atoms. The van der Waals surface area contributed by atoms with Crippen molar-refractivity contribution in [1.29, 1.82) is 0 Å². The zero-order valence-corrected chi connectivity index (χ0v) is 9.01. The number of hydrogen-bond donors (Lipinski definition) is 0. The molecule has 1 heterocycles. The van der Waals surface area contributed by atoms with Gasteiger partial charge in [-0.1, -0.05) is 6.58 Å². The molecule has 1 rings (SSSR count). The summed E-state index contributed by atoms with van der Waals surface area (Å²) in [5, 5.41) is 0.442. The van der Waals surface area contributed by atoms with Crippen LogP contribution in [-0.2, 0) is 28.8 Å². The van der Waals surface area contributed by atoms with E-state index in [2.05, 4.69) is 16.2 Å². The number of ether oxygens (including phenoxy) is 1. The van der Waals surface area contributed by atoms with Crippen LogP contribution < -0.4 is 0 Å². The fraction of sp³-hybridized carbons (Fsp3) is 0.400. The third-order valence-corrected chi connectivity index (χ3v) is 1.92. The summed E-state index contributed by atoms with van der Waals surface area (Å²) in [6.45, 7) is 2.98. The predicted octanol–water partition coefficient (Wildman–Crippen LogP) is -0.287. The normalized spacial score (nSPS) is 14.7. The standard InChI is InChI=1S/C10H11NO6/c1-2-9(14)16-6-5-10(15)17-11-7(12)3-4-8(11)13/h2H,1,3-6H2. The van der Waals surface area contributed by atoms with Crippen LogP contribution in [0.1, 0.15) is 19.3 Å². The maximum atomic E-state index is 11.2. The Balaban J connectivity index is 2.30. The van der Waals surface area contributed by atoms with Gasteiger partial charge in [0.15, 0.2) is 0 Å². The van der Waals surface area contributed by atoms with Crippen molar-refractivity contribution in [2.24, 2.45) is 0 Å². The Morgan fingerprint density at radius 1 is 1.29 bits per heavy atom. The van der Waals surface area contributed by atoms with E-state index in [-0.39, 0.29) is 25.9 Å². The van der Waals surface area contributed by atoms with Crippen LogP contribution >= 0.6 is 0 Å². The SMILES string of the molecule is C=CC(=O)OCCC(=O)ON1C(=O)CCC1=O. The summed E-state index contributed by atoms with van der Waals surface area (Å²) in [6.07, 6.45) is 0.796. The van der Waals surface area contributed by atoms with E-state index in [1.54, 1.807) is 0 Å². The maximum absolute atomic E-state index is 11.2. The van der Waals surface area contributed by atoms with Crippen molar-refractivity contribution in [3.8, 4) is 0 Å². The number of nitrogens with zero attached hydrogens (tertiary/aromatic N) is 1. The molecule has 0 aliphatic carbocycles. The lowest BCUT2D eigenvalue weighted by Crippen LogP contribution is -2.32. The topological polar surface area (TPSA) is 90.0 Å². The Hall–Kier alpha value is -2.18. The number of imide groups is 1. The van der Waals surface area contributed by atoms with E-state index in [0.717, 1.165) is 6.08 Å². The van der Waals surface area contributed by atoms with E-state index in [9.17, 15) is 19.2 Å². The van der Waals surface area contributed by atoms with Crippen LogP contribution in [0.4, 0.5) is 0 Å². The number of rotatable bonds is 5.